The van der Waals surface area contributed by atoms with Crippen molar-refractivity contribution in [3.8, 4) is 5.75 Å². The number of amides is 2. The van der Waals surface area contributed by atoms with Crippen molar-refractivity contribution in [1.82, 2.24) is 5.32 Å². The molecule has 0 saturated heterocycles. The molecule has 0 atom stereocenters. The van der Waals surface area contributed by atoms with Crippen LogP contribution in [-0.4, -0.2) is 25.5 Å². The summed E-state index contributed by atoms with van der Waals surface area (Å²) in [7, 11) is 1.55. The van der Waals surface area contributed by atoms with Gasteiger partial charge in [-0.1, -0.05) is 12.1 Å². The molecule has 2 N–H and O–H groups in total. The number of anilines is 1. The number of hydrogen-bond donors (Lipinski definition) is 2. The maximum absolute atomic E-state index is 12.2. The average molecular weight is 276 g/mol. The van der Waals surface area contributed by atoms with Gasteiger partial charge >= 0.3 is 0 Å². The first kappa shape index (κ1) is 15.8. The Balaban J connectivity index is 2.77. The molecule has 0 aliphatic heterocycles. The van der Waals surface area contributed by atoms with E-state index in [1.165, 1.54) is 0 Å². The van der Waals surface area contributed by atoms with Crippen LogP contribution < -0.4 is 15.4 Å². The van der Waals surface area contributed by atoms with Crippen molar-refractivity contribution in [1.29, 1.82) is 0 Å². The number of carbonyl (C=O) groups is 2. The van der Waals surface area contributed by atoms with Gasteiger partial charge in [-0.05, 0) is 26.0 Å². The van der Waals surface area contributed by atoms with E-state index in [0.29, 0.717) is 18.0 Å². The Bertz CT molecular complexity index is 510. The van der Waals surface area contributed by atoms with Crippen molar-refractivity contribution < 1.29 is 14.3 Å². The molecule has 108 valence electrons. The lowest BCUT2D eigenvalue weighted by Crippen LogP contribution is -2.45. The number of rotatable bonds is 6. The summed E-state index contributed by atoms with van der Waals surface area (Å²) in [5, 5.41) is 5.33. The molecular weight excluding hydrogens is 256 g/mol. The minimum absolute atomic E-state index is 0.328. The zero-order chi connectivity index (χ0) is 15.2. The Labute approximate surface area is 119 Å². The number of carbonyl (C=O) groups excluding carboxylic acids is 2. The van der Waals surface area contributed by atoms with E-state index < -0.39 is 5.41 Å². The van der Waals surface area contributed by atoms with Crippen LogP contribution in [0.25, 0.3) is 0 Å². The molecule has 20 heavy (non-hydrogen) atoms. The largest absolute Gasteiger partial charge is 0.497 e. The molecule has 0 aliphatic carbocycles. The van der Waals surface area contributed by atoms with Crippen molar-refractivity contribution in [3.63, 3.8) is 0 Å². The first-order valence-electron chi connectivity index (χ1n) is 6.26. The lowest BCUT2D eigenvalue weighted by atomic mass is 9.91. The molecule has 2 amide bonds. The minimum atomic E-state index is -1.17. The van der Waals surface area contributed by atoms with Crippen LogP contribution in [0.3, 0.4) is 0 Å². The van der Waals surface area contributed by atoms with Crippen molar-refractivity contribution in [3.05, 3.63) is 36.9 Å². The Kier molecular flexibility index (Phi) is 5.32. The van der Waals surface area contributed by atoms with Crippen LogP contribution in [-0.2, 0) is 9.59 Å². The van der Waals surface area contributed by atoms with E-state index in [9.17, 15) is 9.59 Å². The van der Waals surface area contributed by atoms with Gasteiger partial charge in [-0.3, -0.25) is 9.59 Å². The standard InChI is InChI=1S/C15H20N2O3/c1-5-9-16-13(18)15(2,3)14(19)17-11-7-6-8-12(10-11)20-4/h5-8,10H,1,9H2,2-4H3,(H,16,18)(H,17,19). The second kappa shape index (κ2) is 6.75. The molecule has 0 spiro atoms. The highest BCUT2D eigenvalue weighted by Crippen LogP contribution is 2.21. The first-order chi connectivity index (χ1) is 9.41. The fourth-order valence-electron chi connectivity index (χ4n) is 1.48. The Morgan fingerprint density at radius 1 is 1.35 bits per heavy atom. The van der Waals surface area contributed by atoms with Crippen molar-refractivity contribution in [2.24, 2.45) is 5.41 Å². The van der Waals surface area contributed by atoms with Crippen LogP contribution in [0.1, 0.15) is 13.8 Å². The Morgan fingerprint density at radius 3 is 2.65 bits per heavy atom. The normalized spacial score (nSPS) is 10.6. The minimum Gasteiger partial charge on any atom is -0.497 e. The van der Waals surface area contributed by atoms with E-state index in [-0.39, 0.29) is 11.8 Å². The maximum atomic E-state index is 12.2. The van der Waals surface area contributed by atoms with Gasteiger partial charge in [-0.2, -0.15) is 0 Å². The van der Waals surface area contributed by atoms with Gasteiger partial charge in [0.1, 0.15) is 11.2 Å². The zero-order valence-corrected chi connectivity index (χ0v) is 12.0. The number of benzene rings is 1. The molecule has 0 unspecified atom stereocenters. The van der Waals surface area contributed by atoms with Gasteiger partial charge in [0.05, 0.1) is 7.11 Å². The average Bonchev–Trinajstić information content (AvgIpc) is 2.44. The van der Waals surface area contributed by atoms with E-state index in [0.717, 1.165) is 0 Å². The van der Waals surface area contributed by atoms with Crippen molar-refractivity contribution in [2.75, 3.05) is 19.0 Å². The summed E-state index contributed by atoms with van der Waals surface area (Å²) in [5.74, 6) is -0.0955. The summed E-state index contributed by atoms with van der Waals surface area (Å²) in [5.41, 5.74) is -0.592. The fraction of sp³-hybridized carbons (Fsp3) is 0.333. The van der Waals surface area contributed by atoms with Crippen LogP contribution in [0.5, 0.6) is 5.75 Å². The highest BCUT2D eigenvalue weighted by molar-refractivity contribution is 6.09. The summed E-state index contributed by atoms with van der Waals surface area (Å²) in [6.07, 6.45) is 1.56. The molecule has 0 radical (unpaired) electrons. The van der Waals surface area contributed by atoms with Crippen LogP contribution in [0.4, 0.5) is 5.69 Å². The van der Waals surface area contributed by atoms with E-state index in [1.807, 2.05) is 0 Å². The van der Waals surface area contributed by atoms with Gasteiger partial charge in [-0.25, -0.2) is 0 Å². The molecule has 5 heteroatoms. The number of nitrogens with one attached hydrogen (secondary N) is 2. The number of hydrogen-bond acceptors (Lipinski definition) is 3. The third kappa shape index (κ3) is 3.85. The highest BCUT2D eigenvalue weighted by Gasteiger charge is 2.35. The molecule has 0 aliphatic rings. The molecule has 5 nitrogen and oxygen atoms in total. The summed E-state index contributed by atoms with van der Waals surface area (Å²) >= 11 is 0. The van der Waals surface area contributed by atoms with Crippen molar-refractivity contribution >= 4 is 17.5 Å². The van der Waals surface area contributed by atoms with Gasteiger partial charge in [0.25, 0.3) is 0 Å². The number of methoxy groups -OCH3 is 1. The monoisotopic (exact) mass is 276 g/mol. The van der Waals surface area contributed by atoms with Crippen LogP contribution in [0.2, 0.25) is 0 Å². The van der Waals surface area contributed by atoms with E-state index in [1.54, 1.807) is 51.3 Å². The van der Waals surface area contributed by atoms with Gasteiger partial charge in [0.15, 0.2) is 0 Å². The molecule has 0 bridgehead atoms. The van der Waals surface area contributed by atoms with E-state index in [4.69, 9.17) is 4.74 Å². The summed E-state index contributed by atoms with van der Waals surface area (Å²) in [4.78, 5) is 24.1. The molecule has 1 aromatic carbocycles. The molecule has 0 aromatic heterocycles. The SMILES string of the molecule is C=CCNC(=O)C(C)(C)C(=O)Nc1cccc(OC)c1. The molecule has 0 saturated carbocycles. The maximum Gasteiger partial charge on any atom is 0.239 e. The molecule has 0 heterocycles. The van der Waals surface area contributed by atoms with E-state index in [2.05, 4.69) is 17.2 Å². The lowest BCUT2D eigenvalue weighted by Gasteiger charge is -2.22. The highest BCUT2D eigenvalue weighted by atomic mass is 16.5. The Morgan fingerprint density at radius 2 is 2.05 bits per heavy atom. The quantitative estimate of drug-likeness (QED) is 0.616. The van der Waals surface area contributed by atoms with Gasteiger partial charge < -0.3 is 15.4 Å². The first-order valence-corrected chi connectivity index (χ1v) is 6.26. The number of ether oxygens (including phenoxy) is 1. The topological polar surface area (TPSA) is 67.4 Å². The third-order valence-electron chi connectivity index (χ3n) is 2.87. The van der Waals surface area contributed by atoms with Crippen LogP contribution in [0, 0.1) is 5.41 Å². The van der Waals surface area contributed by atoms with Crippen LogP contribution >= 0.6 is 0 Å². The molecule has 1 aromatic rings. The fourth-order valence-corrected chi connectivity index (χ4v) is 1.48. The zero-order valence-electron chi connectivity index (χ0n) is 12.0. The Hall–Kier alpha value is -2.30. The van der Waals surface area contributed by atoms with Gasteiger partial charge in [-0.15, -0.1) is 6.58 Å². The summed E-state index contributed by atoms with van der Waals surface area (Å²) in [6.45, 7) is 6.99. The van der Waals surface area contributed by atoms with E-state index >= 15 is 0 Å². The summed E-state index contributed by atoms with van der Waals surface area (Å²) < 4.78 is 5.08. The third-order valence-corrected chi connectivity index (χ3v) is 2.87. The molecule has 1 rings (SSSR count). The predicted octanol–water partition coefficient (Wildman–Crippen LogP) is 1.96. The molecule has 0 fully saturated rings. The molecular formula is C15H20N2O3. The predicted molar refractivity (Wildman–Crippen MR) is 78.6 cm³/mol. The summed E-state index contributed by atoms with van der Waals surface area (Å²) in [6, 6.07) is 6.96. The van der Waals surface area contributed by atoms with Gasteiger partial charge in [0, 0.05) is 18.3 Å². The van der Waals surface area contributed by atoms with Gasteiger partial charge in [0.2, 0.25) is 11.8 Å². The second-order valence-corrected chi connectivity index (χ2v) is 4.81. The second-order valence-electron chi connectivity index (χ2n) is 4.81. The van der Waals surface area contributed by atoms with Crippen LogP contribution in [0.15, 0.2) is 36.9 Å². The van der Waals surface area contributed by atoms with Crippen molar-refractivity contribution in [2.45, 2.75) is 13.8 Å². The lowest BCUT2D eigenvalue weighted by molar-refractivity contribution is -0.138. The smallest absolute Gasteiger partial charge is 0.239 e.